The van der Waals surface area contributed by atoms with Crippen molar-refractivity contribution in [1.82, 2.24) is 4.98 Å². The molecule has 0 unspecified atom stereocenters. The van der Waals surface area contributed by atoms with Crippen LogP contribution < -0.4 is 0 Å². The topological polar surface area (TPSA) is 39.2 Å². The number of fused-ring (bicyclic) bond motifs is 4. The number of pyridine rings is 1. The Morgan fingerprint density at radius 2 is 1.74 bits per heavy atom. The third-order valence-electron chi connectivity index (χ3n) is 4.02. The van der Waals surface area contributed by atoms with Gasteiger partial charge in [0.1, 0.15) is 0 Å². The Kier molecular flexibility index (Phi) is 3.17. The second kappa shape index (κ2) is 5.21. The monoisotopic (exact) mass is 321 g/mol. The van der Waals surface area contributed by atoms with Gasteiger partial charge in [0.15, 0.2) is 0 Å². The van der Waals surface area contributed by atoms with E-state index in [1.807, 2.05) is 54.6 Å². The van der Waals surface area contributed by atoms with Gasteiger partial charge in [-0.15, -0.1) is 0 Å². The highest BCUT2D eigenvalue weighted by Crippen LogP contribution is 2.36. The Hall–Kier alpha value is -2.65. The normalized spacial score (nSPS) is 11.2. The molecule has 0 aliphatic heterocycles. The maximum atomic E-state index is 12.3. The van der Waals surface area contributed by atoms with Crippen LogP contribution in [-0.2, 0) is 4.74 Å². The molecule has 0 saturated carbocycles. The van der Waals surface area contributed by atoms with Gasteiger partial charge in [0.05, 0.1) is 28.7 Å². The first-order valence-electron chi connectivity index (χ1n) is 7.18. The van der Waals surface area contributed by atoms with Crippen LogP contribution in [0.2, 0.25) is 5.02 Å². The molecule has 4 aromatic rings. The fraction of sp³-hybridized carbons (Fsp3) is 0.0526. The molecule has 3 aromatic carbocycles. The molecule has 0 atom stereocenters. The number of rotatable bonds is 1. The fourth-order valence-electron chi connectivity index (χ4n) is 2.95. The minimum Gasteiger partial charge on any atom is -0.465 e. The van der Waals surface area contributed by atoms with Gasteiger partial charge in [-0.25, -0.2) is 9.78 Å². The number of ether oxygens (including phenoxy) is 1. The molecule has 0 spiro atoms. The molecule has 0 N–H and O–H groups in total. The van der Waals surface area contributed by atoms with Crippen LogP contribution in [0.1, 0.15) is 10.4 Å². The summed E-state index contributed by atoms with van der Waals surface area (Å²) < 4.78 is 4.93. The van der Waals surface area contributed by atoms with E-state index in [1.165, 1.54) is 7.11 Å². The van der Waals surface area contributed by atoms with Crippen LogP contribution in [0.25, 0.3) is 32.6 Å². The summed E-state index contributed by atoms with van der Waals surface area (Å²) in [5.41, 5.74) is 1.95. The summed E-state index contributed by atoms with van der Waals surface area (Å²) in [5.74, 6) is -0.417. The average molecular weight is 322 g/mol. The SMILES string of the molecule is COC(=O)c1cc2ccccc2c2nc3ccccc3c(Cl)c12. The lowest BCUT2D eigenvalue weighted by atomic mass is 9.99. The number of hydrogen-bond acceptors (Lipinski definition) is 3. The van der Waals surface area contributed by atoms with Crippen LogP contribution in [0, 0.1) is 0 Å². The zero-order valence-corrected chi connectivity index (χ0v) is 13.1. The van der Waals surface area contributed by atoms with Crippen LogP contribution in [0.5, 0.6) is 0 Å². The largest absolute Gasteiger partial charge is 0.465 e. The molecule has 4 rings (SSSR count). The summed E-state index contributed by atoms with van der Waals surface area (Å²) in [6.07, 6.45) is 0. The number of halogens is 1. The molecule has 0 aliphatic rings. The minimum absolute atomic E-state index is 0.417. The molecule has 3 nitrogen and oxygen atoms in total. The maximum Gasteiger partial charge on any atom is 0.338 e. The van der Waals surface area contributed by atoms with E-state index >= 15 is 0 Å². The van der Waals surface area contributed by atoms with Gasteiger partial charge in [0.2, 0.25) is 0 Å². The van der Waals surface area contributed by atoms with Crippen molar-refractivity contribution >= 4 is 50.1 Å². The van der Waals surface area contributed by atoms with Gasteiger partial charge in [-0.3, -0.25) is 0 Å². The van der Waals surface area contributed by atoms with Gasteiger partial charge in [-0.2, -0.15) is 0 Å². The van der Waals surface area contributed by atoms with Crippen molar-refractivity contribution in [2.75, 3.05) is 7.11 Å². The number of carbonyl (C=O) groups is 1. The summed E-state index contributed by atoms with van der Waals surface area (Å²) in [5, 5.41) is 3.87. The third kappa shape index (κ3) is 2.05. The maximum absolute atomic E-state index is 12.3. The molecule has 0 bridgehead atoms. The number of esters is 1. The molecule has 0 radical (unpaired) electrons. The van der Waals surface area contributed by atoms with E-state index in [-0.39, 0.29) is 0 Å². The summed E-state index contributed by atoms with van der Waals surface area (Å²) in [6, 6.07) is 17.3. The van der Waals surface area contributed by atoms with Gasteiger partial charge in [-0.1, -0.05) is 54.1 Å². The van der Waals surface area contributed by atoms with E-state index in [0.717, 1.165) is 21.7 Å². The van der Waals surface area contributed by atoms with Crippen LogP contribution in [0.15, 0.2) is 54.6 Å². The lowest BCUT2D eigenvalue weighted by Crippen LogP contribution is -2.03. The van der Waals surface area contributed by atoms with Gasteiger partial charge < -0.3 is 4.74 Å². The number of aromatic nitrogens is 1. The number of carbonyl (C=O) groups excluding carboxylic acids is 1. The number of nitrogens with zero attached hydrogens (tertiary/aromatic N) is 1. The Labute approximate surface area is 137 Å². The minimum atomic E-state index is -0.417. The van der Waals surface area contributed by atoms with Gasteiger partial charge in [-0.05, 0) is 17.5 Å². The molecule has 23 heavy (non-hydrogen) atoms. The first-order chi connectivity index (χ1) is 11.2. The molecule has 1 aromatic heterocycles. The van der Waals surface area contributed by atoms with E-state index in [1.54, 1.807) is 0 Å². The molecule has 4 heteroatoms. The first kappa shape index (κ1) is 14.0. The Bertz CT molecular complexity index is 1090. The number of hydrogen-bond donors (Lipinski definition) is 0. The predicted molar refractivity (Wildman–Crippen MR) is 93.1 cm³/mol. The third-order valence-corrected chi connectivity index (χ3v) is 4.41. The molecule has 1 heterocycles. The highest BCUT2D eigenvalue weighted by Gasteiger charge is 2.18. The van der Waals surface area contributed by atoms with Crippen molar-refractivity contribution in [2.24, 2.45) is 0 Å². The smallest absolute Gasteiger partial charge is 0.338 e. The molecule has 112 valence electrons. The number of methoxy groups -OCH3 is 1. The zero-order chi connectivity index (χ0) is 16.0. The second-order valence-corrected chi connectivity index (χ2v) is 5.68. The standard InChI is InChI=1S/C19H12ClNO2/c1-23-19(22)14-10-11-6-2-3-7-12(11)18-16(14)17(20)13-8-4-5-9-15(13)21-18/h2-10H,1H3. The molecular weight excluding hydrogens is 310 g/mol. The Morgan fingerprint density at radius 1 is 1.04 bits per heavy atom. The summed E-state index contributed by atoms with van der Waals surface area (Å²) >= 11 is 6.63. The van der Waals surface area contributed by atoms with E-state index < -0.39 is 5.97 Å². The summed E-state index contributed by atoms with van der Waals surface area (Å²) in [4.78, 5) is 17.0. The van der Waals surface area contributed by atoms with Crippen molar-refractivity contribution in [3.63, 3.8) is 0 Å². The van der Waals surface area contributed by atoms with Crippen molar-refractivity contribution in [3.05, 3.63) is 65.2 Å². The summed E-state index contributed by atoms with van der Waals surface area (Å²) in [7, 11) is 1.37. The quantitative estimate of drug-likeness (QED) is 0.282. The van der Waals surface area contributed by atoms with Crippen molar-refractivity contribution in [2.45, 2.75) is 0 Å². The van der Waals surface area contributed by atoms with Gasteiger partial charge >= 0.3 is 5.97 Å². The van der Waals surface area contributed by atoms with Crippen LogP contribution in [0.4, 0.5) is 0 Å². The van der Waals surface area contributed by atoms with Gasteiger partial charge in [0.25, 0.3) is 0 Å². The number of benzene rings is 3. The van der Waals surface area contributed by atoms with E-state index in [9.17, 15) is 4.79 Å². The van der Waals surface area contributed by atoms with Crippen LogP contribution in [0.3, 0.4) is 0 Å². The number of para-hydroxylation sites is 1. The molecule has 0 amide bonds. The first-order valence-corrected chi connectivity index (χ1v) is 7.56. The van der Waals surface area contributed by atoms with E-state index in [0.29, 0.717) is 21.5 Å². The lowest BCUT2D eigenvalue weighted by Gasteiger charge is -2.12. The van der Waals surface area contributed by atoms with Crippen molar-refractivity contribution in [1.29, 1.82) is 0 Å². The molecule has 0 aliphatic carbocycles. The van der Waals surface area contributed by atoms with Crippen molar-refractivity contribution < 1.29 is 9.53 Å². The average Bonchev–Trinajstić information content (AvgIpc) is 2.60. The van der Waals surface area contributed by atoms with Gasteiger partial charge in [0, 0.05) is 16.2 Å². The van der Waals surface area contributed by atoms with Crippen molar-refractivity contribution in [3.8, 4) is 0 Å². The predicted octanol–water partition coefficient (Wildman–Crippen LogP) is 4.98. The highest BCUT2D eigenvalue weighted by atomic mass is 35.5. The van der Waals surface area contributed by atoms with Crippen LogP contribution in [-0.4, -0.2) is 18.1 Å². The van der Waals surface area contributed by atoms with Crippen LogP contribution >= 0.6 is 11.6 Å². The van der Waals surface area contributed by atoms with E-state index in [4.69, 9.17) is 21.3 Å². The molecule has 0 saturated heterocycles. The summed E-state index contributed by atoms with van der Waals surface area (Å²) in [6.45, 7) is 0. The second-order valence-electron chi connectivity index (χ2n) is 5.30. The van der Waals surface area contributed by atoms with E-state index in [2.05, 4.69) is 0 Å². The molecular formula is C19H12ClNO2. The zero-order valence-electron chi connectivity index (χ0n) is 12.3. The Morgan fingerprint density at radius 3 is 2.52 bits per heavy atom. The Balaban J connectivity index is 2.31. The molecule has 0 fully saturated rings. The lowest BCUT2D eigenvalue weighted by molar-refractivity contribution is 0.0603. The highest BCUT2D eigenvalue weighted by molar-refractivity contribution is 6.42. The fourth-order valence-corrected chi connectivity index (χ4v) is 3.30.